The Labute approximate surface area is 140 Å². The summed E-state index contributed by atoms with van der Waals surface area (Å²) in [4.78, 5) is 12.1. The molecule has 1 amide bonds. The molecule has 3 nitrogen and oxygen atoms in total. The predicted octanol–water partition coefficient (Wildman–Crippen LogP) is 2.97. The van der Waals surface area contributed by atoms with E-state index in [0.717, 1.165) is 11.1 Å². The fraction of sp³-hybridized carbons (Fsp3) is 0.316. The molecule has 0 fully saturated rings. The van der Waals surface area contributed by atoms with E-state index in [1.54, 1.807) is 31.2 Å². The molecule has 0 aromatic heterocycles. The van der Waals surface area contributed by atoms with Crippen LogP contribution in [0.3, 0.4) is 0 Å². The average Bonchev–Trinajstić information content (AvgIpc) is 2.51. The number of nitrogens with two attached hydrogens (primary N) is 1. The summed E-state index contributed by atoms with van der Waals surface area (Å²) in [7, 11) is 0. The SMILES string of the molecule is C[C@@H](N)C(=O)NC(C)(Cc1ccc(F)cc1)Cc1ccc(F)cc1. The molecule has 128 valence electrons. The van der Waals surface area contributed by atoms with Gasteiger partial charge >= 0.3 is 0 Å². The van der Waals surface area contributed by atoms with Gasteiger partial charge in [-0.05, 0) is 62.1 Å². The molecule has 0 aliphatic carbocycles. The first-order chi connectivity index (χ1) is 11.3. The van der Waals surface area contributed by atoms with Crippen LogP contribution in [0.2, 0.25) is 0 Å². The molecular formula is C19H22F2N2O. The van der Waals surface area contributed by atoms with Crippen molar-refractivity contribution >= 4 is 5.91 Å². The second kappa shape index (κ2) is 7.53. The summed E-state index contributed by atoms with van der Waals surface area (Å²) >= 11 is 0. The molecule has 0 bridgehead atoms. The summed E-state index contributed by atoms with van der Waals surface area (Å²) in [6.07, 6.45) is 1.01. The summed E-state index contributed by atoms with van der Waals surface area (Å²) in [6.45, 7) is 3.52. The first kappa shape index (κ1) is 18.1. The highest BCUT2D eigenvalue weighted by atomic mass is 19.1. The van der Waals surface area contributed by atoms with Gasteiger partial charge in [-0.25, -0.2) is 8.78 Å². The second-order valence-corrected chi connectivity index (χ2v) is 6.45. The van der Waals surface area contributed by atoms with Gasteiger partial charge < -0.3 is 11.1 Å². The first-order valence-corrected chi connectivity index (χ1v) is 7.84. The third kappa shape index (κ3) is 5.13. The standard InChI is InChI=1S/C19H22F2N2O/c1-13(22)18(24)23-19(2,11-14-3-7-16(20)8-4-14)12-15-5-9-17(21)10-6-15/h3-10,13H,11-12,22H2,1-2H3,(H,23,24)/t13-/m1/s1. The van der Waals surface area contributed by atoms with Crippen LogP contribution < -0.4 is 11.1 Å². The van der Waals surface area contributed by atoms with E-state index in [0.29, 0.717) is 12.8 Å². The number of nitrogens with one attached hydrogen (secondary N) is 1. The molecule has 0 unspecified atom stereocenters. The lowest BCUT2D eigenvalue weighted by atomic mass is 9.86. The third-order valence-corrected chi connectivity index (χ3v) is 3.85. The largest absolute Gasteiger partial charge is 0.349 e. The lowest BCUT2D eigenvalue weighted by Gasteiger charge is -2.32. The molecule has 0 saturated carbocycles. The zero-order valence-corrected chi connectivity index (χ0v) is 13.9. The normalized spacial score (nSPS) is 12.7. The molecule has 24 heavy (non-hydrogen) atoms. The second-order valence-electron chi connectivity index (χ2n) is 6.45. The van der Waals surface area contributed by atoms with Crippen LogP contribution in [-0.2, 0) is 17.6 Å². The number of amides is 1. The molecule has 0 aliphatic heterocycles. The Morgan fingerprint density at radius 3 is 1.71 bits per heavy atom. The van der Waals surface area contributed by atoms with Crippen LogP contribution in [0.4, 0.5) is 8.78 Å². The lowest BCUT2D eigenvalue weighted by molar-refractivity contribution is -0.123. The van der Waals surface area contributed by atoms with Crippen LogP contribution in [0, 0.1) is 11.6 Å². The maximum atomic E-state index is 13.1. The van der Waals surface area contributed by atoms with Crippen molar-refractivity contribution in [3.63, 3.8) is 0 Å². The van der Waals surface area contributed by atoms with Crippen molar-refractivity contribution in [1.29, 1.82) is 0 Å². The average molecular weight is 332 g/mol. The molecule has 3 N–H and O–H groups in total. The highest BCUT2D eigenvalue weighted by Crippen LogP contribution is 2.20. The maximum Gasteiger partial charge on any atom is 0.237 e. The topological polar surface area (TPSA) is 55.1 Å². The van der Waals surface area contributed by atoms with E-state index in [1.165, 1.54) is 24.3 Å². The number of hydrogen-bond acceptors (Lipinski definition) is 2. The van der Waals surface area contributed by atoms with Crippen molar-refractivity contribution in [2.45, 2.75) is 38.3 Å². The Bertz CT molecular complexity index is 634. The van der Waals surface area contributed by atoms with Crippen LogP contribution in [0.15, 0.2) is 48.5 Å². The predicted molar refractivity (Wildman–Crippen MR) is 90.4 cm³/mol. The molecule has 0 aliphatic rings. The van der Waals surface area contributed by atoms with E-state index in [4.69, 9.17) is 5.73 Å². The zero-order chi connectivity index (χ0) is 17.7. The van der Waals surface area contributed by atoms with Gasteiger partial charge in [-0.2, -0.15) is 0 Å². The first-order valence-electron chi connectivity index (χ1n) is 7.84. The molecule has 0 saturated heterocycles. The molecule has 1 atom stereocenters. The zero-order valence-electron chi connectivity index (χ0n) is 13.9. The van der Waals surface area contributed by atoms with E-state index < -0.39 is 11.6 Å². The van der Waals surface area contributed by atoms with Crippen LogP contribution in [0.1, 0.15) is 25.0 Å². The minimum absolute atomic E-state index is 0.262. The molecule has 5 heteroatoms. The van der Waals surface area contributed by atoms with Crippen molar-refractivity contribution < 1.29 is 13.6 Å². The van der Waals surface area contributed by atoms with Crippen molar-refractivity contribution in [1.82, 2.24) is 5.32 Å². The van der Waals surface area contributed by atoms with Crippen molar-refractivity contribution in [3.05, 3.63) is 71.3 Å². The minimum atomic E-state index is -0.634. The number of halogens is 2. The molecule has 2 aromatic carbocycles. The number of benzene rings is 2. The van der Waals surface area contributed by atoms with Crippen molar-refractivity contribution in [2.75, 3.05) is 0 Å². The molecule has 2 aromatic rings. The molecule has 0 spiro atoms. The van der Waals surface area contributed by atoms with Gasteiger partial charge in [-0.1, -0.05) is 24.3 Å². The fourth-order valence-electron chi connectivity index (χ4n) is 2.67. The van der Waals surface area contributed by atoms with Gasteiger partial charge in [0.1, 0.15) is 11.6 Å². The number of carbonyl (C=O) groups excluding carboxylic acids is 1. The van der Waals surface area contributed by atoms with E-state index in [2.05, 4.69) is 5.32 Å². The lowest BCUT2D eigenvalue weighted by Crippen LogP contribution is -2.53. The number of rotatable bonds is 6. The van der Waals surface area contributed by atoms with E-state index in [9.17, 15) is 13.6 Å². The van der Waals surface area contributed by atoms with Gasteiger partial charge in [0.05, 0.1) is 6.04 Å². The Balaban J connectivity index is 2.23. The van der Waals surface area contributed by atoms with Gasteiger partial charge in [-0.15, -0.1) is 0 Å². The maximum absolute atomic E-state index is 13.1. The van der Waals surface area contributed by atoms with E-state index in [1.807, 2.05) is 6.92 Å². The van der Waals surface area contributed by atoms with Gasteiger partial charge in [0.15, 0.2) is 0 Å². The third-order valence-electron chi connectivity index (χ3n) is 3.85. The summed E-state index contributed by atoms with van der Waals surface area (Å²) < 4.78 is 26.2. The summed E-state index contributed by atoms with van der Waals surface area (Å²) in [5.41, 5.74) is 6.82. The van der Waals surface area contributed by atoms with Crippen molar-refractivity contribution in [2.24, 2.45) is 5.73 Å². The smallest absolute Gasteiger partial charge is 0.237 e. The number of carbonyl (C=O) groups is 1. The molecular weight excluding hydrogens is 310 g/mol. The Morgan fingerprint density at radius 1 is 1.00 bits per heavy atom. The summed E-state index contributed by atoms with van der Waals surface area (Å²) in [5.74, 6) is -0.876. The van der Waals surface area contributed by atoms with Crippen LogP contribution >= 0.6 is 0 Å². The Morgan fingerprint density at radius 2 is 1.38 bits per heavy atom. The van der Waals surface area contributed by atoms with Gasteiger partial charge in [0.25, 0.3) is 0 Å². The van der Waals surface area contributed by atoms with Crippen molar-refractivity contribution in [3.8, 4) is 0 Å². The Hall–Kier alpha value is -2.27. The highest BCUT2D eigenvalue weighted by molar-refractivity contribution is 5.81. The summed E-state index contributed by atoms with van der Waals surface area (Å²) in [6, 6.07) is 11.7. The number of hydrogen-bond donors (Lipinski definition) is 2. The van der Waals surface area contributed by atoms with Crippen LogP contribution in [0.25, 0.3) is 0 Å². The fourth-order valence-corrected chi connectivity index (χ4v) is 2.67. The van der Waals surface area contributed by atoms with Crippen LogP contribution in [-0.4, -0.2) is 17.5 Å². The minimum Gasteiger partial charge on any atom is -0.349 e. The van der Waals surface area contributed by atoms with Crippen LogP contribution in [0.5, 0.6) is 0 Å². The van der Waals surface area contributed by atoms with E-state index in [-0.39, 0.29) is 17.5 Å². The monoisotopic (exact) mass is 332 g/mol. The summed E-state index contributed by atoms with van der Waals surface area (Å²) in [5, 5.41) is 2.97. The van der Waals surface area contributed by atoms with Gasteiger partial charge in [0, 0.05) is 5.54 Å². The molecule has 0 heterocycles. The molecule has 0 radical (unpaired) electrons. The van der Waals surface area contributed by atoms with Gasteiger partial charge in [0.2, 0.25) is 5.91 Å². The highest BCUT2D eigenvalue weighted by Gasteiger charge is 2.28. The quantitative estimate of drug-likeness (QED) is 0.854. The molecule has 2 rings (SSSR count). The van der Waals surface area contributed by atoms with E-state index >= 15 is 0 Å². The Kier molecular flexibility index (Phi) is 5.67. The van der Waals surface area contributed by atoms with Gasteiger partial charge in [-0.3, -0.25) is 4.79 Å².